The molecule has 1 fully saturated rings. The van der Waals surface area contributed by atoms with E-state index in [1.54, 1.807) is 24.3 Å². The minimum Gasteiger partial charge on any atom is -0.381 e. The smallest absolute Gasteiger partial charge is 0.214 e. The van der Waals surface area contributed by atoms with Crippen LogP contribution in [0.1, 0.15) is 24.0 Å². The summed E-state index contributed by atoms with van der Waals surface area (Å²) in [6.45, 7) is 1.21. The topological polar surface area (TPSA) is 79.2 Å². The molecule has 0 aromatic heterocycles. The van der Waals surface area contributed by atoms with E-state index in [1.165, 1.54) is 0 Å². The van der Waals surface area contributed by atoms with Crippen LogP contribution in [0.2, 0.25) is 0 Å². The number of rotatable bonds is 4. The van der Waals surface area contributed by atoms with Gasteiger partial charge in [-0.25, -0.2) is 13.1 Å². The van der Waals surface area contributed by atoms with Crippen molar-refractivity contribution in [3.8, 4) is 6.07 Å². The molecule has 1 aromatic carbocycles. The lowest BCUT2D eigenvalue weighted by atomic mass is 10.1. The van der Waals surface area contributed by atoms with Crippen molar-refractivity contribution in [1.82, 2.24) is 4.72 Å². The molecule has 0 bridgehead atoms. The summed E-state index contributed by atoms with van der Waals surface area (Å²) in [5.41, 5.74) is 1.32. The molecule has 1 aromatic rings. The highest BCUT2D eigenvalue weighted by atomic mass is 32.2. The predicted molar refractivity (Wildman–Crippen MR) is 70.8 cm³/mol. The number of hydrogen-bond acceptors (Lipinski definition) is 4. The first-order valence-corrected chi connectivity index (χ1v) is 7.72. The number of ether oxygens (including phenoxy) is 1. The molecule has 1 heterocycles. The van der Waals surface area contributed by atoms with Crippen LogP contribution in [0.25, 0.3) is 0 Å². The molecule has 1 N–H and O–H groups in total. The van der Waals surface area contributed by atoms with Crippen molar-refractivity contribution in [1.29, 1.82) is 5.26 Å². The van der Waals surface area contributed by atoms with E-state index >= 15 is 0 Å². The lowest BCUT2D eigenvalue weighted by Crippen LogP contribution is -2.37. The fourth-order valence-electron chi connectivity index (χ4n) is 2.04. The predicted octanol–water partition coefficient (Wildman–Crippen LogP) is 1.16. The van der Waals surface area contributed by atoms with Gasteiger partial charge in [-0.15, -0.1) is 0 Å². The Bertz CT molecular complexity index is 572. The van der Waals surface area contributed by atoms with Gasteiger partial charge in [0.1, 0.15) is 0 Å². The van der Waals surface area contributed by atoms with Crippen molar-refractivity contribution in [2.45, 2.75) is 24.6 Å². The molecule has 0 saturated carbocycles. The van der Waals surface area contributed by atoms with Crippen LogP contribution in [0, 0.1) is 11.3 Å². The summed E-state index contributed by atoms with van der Waals surface area (Å²) in [6.07, 6.45) is 1.07. The average Bonchev–Trinajstić information content (AvgIpc) is 2.46. The number of hydrogen-bond donors (Lipinski definition) is 1. The molecule has 1 aliphatic rings. The van der Waals surface area contributed by atoms with Crippen LogP contribution in [0.3, 0.4) is 0 Å². The molecule has 6 heteroatoms. The molecule has 0 aliphatic carbocycles. The van der Waals surface area contributed by atoms with E-state index in [0.717, 1.165) is 5.56 Å². The summed E-state index contributed by atoms with van der Waals surface area (Å²) in [7, 11) is -3.31. The van der Waals surface area contributed by atoms with Crippen molar-refractivity contribution in [3.63, 3.8) is 0 Å². The van der Waals surface area contributed by atoms with Crippen LogP contribution < -0.4 is 4.72 Å². The van der Waals surface area contributed by atoms with E-state index in [-0.39, 0.29) is 11.8 Å². The highest BCUT2D eigenvalue weighted by Gasteiger charge is 2.27. The molecule has 19 heavy (non-hydrogen) atoms. The maximum absolute atomic E-state index is 12.1. The van der Waals surface area contributed by atoms with Gasteiger partial charge in [0.15, 0.2) is 0 Å². The number of sulfonamides is 1. The quantitative estimate of drug-likeness (QED) is 0.897. The second-order valence-electron chi connectivity index (χ2n) is 4.49. The third kappa shape index (κ3) is 3.77. The fraction of sp³-hybridized carbons (Fsp3) is 0.462. The molecule has 1 aliphatic heterocycles. The van der Waals surface area contributed by atoms with Crippen LogP contribution in [0.5, 0.6) is 0 Å². The van der Waals surface area contributed by atoms with Gasteiger partial charge >= 0.3 is 0 Å². The van der Waals surface area contributed by atoms with Crippen molar-refractivity contribution in [2.75, 3.05) is 13.2 Å². The highest BCUT2D eigenvalue weighted by Crippen LogP contribution is 2.15. The van der Waals surface area contributed by atoms with Crippen molar-refractivity contribution < 1.29 is 13.2 Å². The van der Waals surface area contributed by atoms with Gasteiger partial charge in [-0.3, -0.25) is 0 Å². The summed E-state index contributed by atoms with van der Waals surface area (Å²) in [4.78, 5) is 0. The lowest BCUT2D eigenvalue weighted by Gasteiger charge is -2.22. The van der Waals surface area contributed by atoms with Gasteiger partial charge in [0.25, 0.3) is 0 Å². The minimum atomic E-state index is -3.31. The Hall–Kier alpha value is -1.42. The second-order valence-corrected chi connectivity index (χ2v) is 6.54. The largest absolute Gasteiger partial charge is 0.381 e. The van der Waals surface area contributed by atoms with Gasteiger partial charge < -0.3 is 4.74 Å². The monoisotopic (exact) mass is 280 g/mol. The summed E-state index contributed by atoms with van der Waals surface area (Å²) in [5.74, 6) is 0. The molecular weight excluding hydrogens is 264 g/mol. The first kappa shape index (κ1) is 14.0. The Morgan fingerprint density at radius 3 is 2.79 bits per heavy atom. The lowest BCUT2D eigenvalue weighted by molar-refractivity contribution is 0.0981. The third-order valence-electron chi connectivity index (χ3n) is 3.14. The number of benzene rings is 1. The van der Waals surface area contributed by atoms with E-state index in [9.17, 15) is 8.42 Å². The maximum atomic E-state index is 12.1. The highest BCUT2D eigenvalue weighted by molar-refractivity contribution is 7.90. The van der Waals surface area contributed by atoms with E-state index in [1.807, 2.05) is 6.07 Å². The average molecular weight is 280 g/mol. The first-order valence-electron chi connectivity index (χ1n) is 6.17. The standard InChI is InChI=1S/C13H16N2O3S/c14-9-11-2-1-3-12(8-11)10-15-19(16,17)13-4-6-18-7-5-13/h1-3,8,13,15H,4-7,10H2. The zero-order valence-corrected chi connectivity index (χ0v) is 11.3. The Labute approximate surface area is 113 Å². The van der Waals surface area contributed by atoms with Gasteiger partial charge in [0.05, 0.1) is 16.9 Å². The number of nitrogens with zero attached hydrogens (tertiary/aromatic N) is 1. The van der Waals surface area contributed by atoms with Crippen LogP contribution in [0.4, 0.5) is 0 Å². The van der Waals surface area contributed by atoms with Gasteiger partial charge in [0.2, 0.25) is 10.0 Å². The van der Waals surface area contributed by atoms with Crippen molar-refractivity contribution in [2.24, 2.45) is 0 Å². The van der Waals surface area contributed by atoms with Crippen LogP contribution >= 0.6 is 0 Å². The molecule has 102 valence electrons. The zero-order chi connectivity index (χ0) is 13.7. The number of nitrogens with one attached hydrogen (secondary N) is 1. The SMILES string of the molecule is N#Cc1cccc(CNS(=O)(=O)C2CCOCC2)c1. The van der Waals surface area contributed by atoms with Crippen LogP contribution in [0.15, 0.2) is 24.3 Å². The second kappa shape index (κ2) is 6.15. The Morgan fingerprint density at radius 2 is 2.11 bits per heavy atom. The minimum absolute atomic E-state index is 0.217. The molecule has 0 radical (unpaired) electrons. The Balaban J connectivity index is 1.99. The Kier molecular flexibility index (Phi) is 4.53. The molecular formula is C13H16N2O3S. The van der Waals surface area contributed by atoms with E-state index in [2.05, 4.69) is 4.72 Å². The summed E-state index contributed by atoms with van der Waals surface area (Å²) >= 11 is 0. The third-order valence-corrected chi connectivity index (χ3v) is 5.04. The number of nitriles is 1. The van der Waals surface area contributed by atoms with Crippen LogP contribution in [-0.4, -0.2) is 26.9 Å². The fourth-order valence-corrected chi connectivity index (χ4v) is 3.46. The van der Waals surface area contributed by atoms with Crippen molar-refractivity contribution in [3.05, 3.63) is 35.4 Å². The summed E-state index contributed by atoms with van der Waals surface area (Å²) in [5, 5.41) is 8.42. The van der Waals surface area contributed by atoms with Gasteiger partial charge in [-0.2, -0.15) is 5.26 Å². The molecule has 0 spiro atoms. The van der Waals surface area contributed by atoms with E-state index < -0.39 is 10.0 Å². The molecule has 5 nitrogen and oxygen atoms in total. The van der Waals surface area contributed by atoms with Crippen LogP contribution in [-0.2, 0) is 21.3 Å². The van der Waals surface area contributed by atoms with Gasteiger partial charge in [0, 0.05) is 19.8 Å². The zero-order valence-electron chi connectivity index (χ0n) is 10.5. The normalized spacial score (nSPS) is 17.0. The first-order chi connectivity index (χ1) is 9.12. The van der Waals surface area contributed by atoms with Gasteiger partial charge in [-0.1, -0.05) is 12.1 Å². The molecule has 1 saturated heterocycles. The Morgan fingerprint density at radius 1 is 1.37 bits per heavy atom. The maximum Gasteiger partial charge on any atom is 0.214 e. The summed E-state index contributed by atoms with van der Waals surface area (Å²) in [6, 6.07) is 8.96. The van der Waals surface area contributed by atoms with Gasteiger partial charge in [-0.05, 0) is 30.5 Å². The summed E-state index contributed by atoms with van der Waals surface area (Å²) < 4.78 is 31.9. The molecule has 0 unspecified atom stereocenters. The molecule has 0 atom stereocenters. The van der Waals surface area contributed by atoms with E-state index in [0.29, 0.717) is 31.6 Å². The molecule has 0 amide bonds. The van der Waals surface area contributed by atoms with E-state index in [4.69, 9.17) is 10.00 Å². The van der Waals surface area contributed by atoms with Crippen molar-refractivity contribution >= 4 is 10.0 Å². The molecule has 2 rings (SSSR count).